The van der Waals surface area contributed by atoms with Crippen molar-refractivity contribution in [2.24, 2.45) is 0 Å². The van der Waals surface area contributed by atoms with E-state index in [1.54, 1.807) is 0 Å². The van der Waals surface area contributed by atoms with Gasteiger partial charge < -0.3 is 22.5 Å². The van der Waals surface area contributed by atoms with Gasteiger partial charge in [0.1, 0.15) is 12.2 Å². The second-order valence-electron chi connectivity index (χ2n) is 4.17. The third-order valence-electron chi connectivity index (χ3n) is 2.82. The summed E-state index contributed by atoms with van der Waals surface area (Å²) in [6, 6.07) is 20.5. The van der Waals surface area contributed by atoms with Crippen molar-refractivity contribution in [2.75, 3.05) is 0 Å². The Morgan fingerprint density at radius 1 is 0.900 bits per heavy atom. The first-order valence-corrected chi connectivity index (χ1v) is 5.95. The summed E-state index contributed by atoms with van der Waals surface area (Å²) in [6.45, 7) is 0.792. The number of nitrogens with zero attached hydrogens (tertiary/aromatic N) is 3. The first kappa shape index (κ1) is 16.1. The Kier molecular flexibility index (Phi) is 6.09. The number of hydrogen-bond acceptors (Lipinski definition) is 1. The van der Waals surface area contributed by atoms with E-state index in [-0.39, 0.29) is 22.5 Å². The van der Waals surface area contributed by atoms with Crippen molar-refractivity contribution in [2.45, 2.75) is 6.54 Å². The van der Waals surface area contributed by atoms with Gasteiger partial charge in [-0.1, -0.05) is 48.5 Å². The average molecular weight is 334 g/mol. The Hall–Kier alpha value is -1.98. The number of benzene rings is 2. The van der Waals surface area contributed by atoms with Crippen LogP contribution in [0.4, 0.5) is 0 Å². The SMILES string of the molecule is O.[Br-].c1ccc(Cn2c[n+](-c3ccccc3)cn2)cc1. The maximum absolute atomic E-state index is 4.37. The van der Waals surface area contributed by atoms with Crippen LogP contribution in [-0.2, 0) is 6.54 Å². The van der Waals surface area contributed by atoms with Crippen LogP contribution in [0.2, 0.25) is 0 Å². The summed E-state index contributed by atoms with van der Waals surface area (Å²) in [5, 5.41) is 4.37. The molecule has 104 valence electrons. The molecule has 0 bridgehead atoms. The lowest BCUT2D eigenvalue weighted by Gasteiger charge is -1.95. The molecule has 0 spiro atoms. The van der Waals surface area contributed by atoms with Crippen molar-refractivity contribution >= 4 is 0 Å². The molecule has 0 aliphatic rings. The molecule has 0 fully saturated rings. The van der Waals surface area contributed by atoms with Gasteiger partial charge in [0, 0.05) is 5.10 Å². The number of hydrogen-bond donors (Lipinski definition) is 0. The second-order valence-corrected chi connectivity index (χ2v) is 4.17. The van der Waals surface area contributed by atoms with Crippen LogP contribution >= 0.6 is 0 Å². The lowest BCUT2D eigenvalue weighted by molar-refractivity contribution is -0.596. The summed E-state index contributed by atoms with van der Waals surface area (Å²) >= 11 is 0. The summed E-state index contributed by atoms with van der Waals surface area (Å²) < 4.78 is 3.95. The summed E-state index contributed by atoms with van der Waals surface area (Å²) in [6.07, 6.45) is 3.83. The van der Waals surface area contributed by atoms with Crippen LogP contribution in [0.5, 0.6) is 0 Å². The lowest BCUT2D eigenvalue weighted by atomic mass is 10.2. The Morgan fingerprint density at radius 2 is 1.50 bits per heavy atom. The molecule has 0 amide bonds. The van der Waals surface area contributed by atoms with Crippen LogP contribution < -0.4 is 21.5 Å². The Balaban J connectivity index is 0.000001000. The fourth-order valence-electron chi connectivity index (χ4n) is 1.91. The monoisotopic (exact) mass is 333 g/mol. The highest BCUT2D eigenvalue weighted by Gasteiger charge is 2.07. The highest BCUT2D eigenvalue weighted by Crippen LogP contribution is 2.01. The van der Waals surface area contributed by atoms with Gasteiger partial charge in [0.2, 0.25) is 6.33 Å². The van der Waals surface area contributed by atoms with Crippen molar-refractivity contribution in [3.05, 3.63) is 78.9 Å². The normalized spacial score (nSPS) is 9.40. The van der Waals surface area contributed by atoms with Crippen LogP contribution in [0, 0.1) is 0 Å². The Labute approximate surface area is 128 Å². The van der Waals surface area contributed by atoms with Crippen LogP contribution in [0.3, 0.4) is 0 Å². The predicted octanol–water partition coefficient (Wildman–Crippen LogP) is -1.61. The van der Waals surface area contributed by atoms with E-state index >= 15 is 0 Å². The van der Waals surface area contributed by atoms with Crippen LogP contribution in [0.25, 0.3) is 5.69 Å². The minimum atomic E-state index is 0. The van der Waals surface area contributed by atoms with Crippen LogP contribution in [-0.4, -0.2) is 15.3 Å². The first-order chi connectivity index (χ1) is 8.92. The summed E-state index contributed by atoms with van der Waals surface area (Å²) in [5.74, 6) is 0. The molecule has 5 heteroatoms. The molecule has 0 radical (unpaired) electrons. The van der Waals surface area contributed by atoms with Crippen molar-refractivity contribution in [1.82, 2.24) is 9.78 Å². The molecule has 20 heavy (non-hydrogen) atoms. The van der Waals surface area contributed by atoms with Crippen LogP contribution in [0.15, 0.2) is 73.3 Å². The van der Waals surface area contributed by atoms with E-state index in [1.165, 1.54) is 5.56 Å². The van der Waals surface area contributed by atoms with Gasteiger partial charge in [0.15, 0.2) is 0 Å². The van der Waals surface area contributed by atoms with Gasteiger partial charge in [-0.3, -0.25) is 0 Å². The fourth-order valence-corrected chi connectivity index (χ4v) is 1.91. The summed E-state index contributed by atoms with van der Waals surface area (Å²) in [7, 11) is 0. The molecule has 0 saturated heterocycles. The zero-order valence-electron chi connectivity index (χ0n) is 10.9. The van der Waals surface area contributed by atoms with Crippen LogP contribution in [0.1, 0.15) is 5.56 Å². The minimum absolute atomic E-state index is 0. The van der Waals surface area contributed by atoms with E-state index in [9.17, 15) is 0 Å². The molecular formula is C15H16BrN3O. The van der Waals surface area contributed by atoms with Gasteiger partial charge >= 0.3 is 0 Å². The summed E-state index contributed by atoms with van der Waals surface area (Å²) in [4.78, 5) is 0. The molecule has 3 rings (SSSR count). The highest BCUT2D eigenvalue weighted by atomic mass is 79.9. The molecule has 2 N–H and O–H groups in total. The Morgan fingerprint density at radius 3 is 2.15 bits per heavy atom. The molecule has 3 aromatic rings. The largest absolute Gasteiger partial charge is 1.00 e. The highest BCUT2D eigenvalue weighted by molar-refractivity contribution is 5.20. The van der Waals surface area contributed by atoms with Crippen molar-refractivity contribution in [3.8, 4) is 5.69 Å². The van der Waals surface area contributed by atoms with Crippen molar-refractivity contribution < 1.29 is 27.0 Å². The zero-order valence-corrected chi connectivity index (χ0v) is 12.4. The molecular weight excluding hydrogens is 318 g/mol. The van der Waals surface area contributed by atoms with Crippen molar-refractivity contribution in [3.63, 3.8) is 0 Å². The van der Waals surface area contributed by atoms with Gasteiger partial charge in [-0.2, -0.15) is 0 Å². The van der Waals surface area contributed by atoms with E-state index in [2.05, 4.69) is 29.4 Å². The quantitative estimate of drug-likeness (QED) is 0.532. The van der Waals surface area contributed by atoms with Gasteiger partial charge in [-0.05, 0) is 17.7 Å². The molecule has 0 aliphatic heterocycles. The van der Waals surface area contributed by atoms with E-state index in [1.807, 2.05) is 58.3 Å². The van der Waals surface area contributed by atoms with Gasteiger partial charge in [-0.25, -0.2) is 4.57 Å². The average Bonchev–Trinajstić information content (AvgIpc) is 2.89. The van der Waals surface area contributed by atoms with E-state index < -0.39 is 0 Å². The molecule has 0 aliphatic carbocycles. The molecule has 1 heterocycles. The van der Waals surface area contributed by atoms with Gasteiger partial charge in [0.05, 0.1) is 0 Å². The number of aromatic nitrogens is 3. The number of rotatable bonds is 3. The number of para-hydroxylation sites is 1. The topological polar surface area (TPSA) is 53.2 Å². The fraction of sp³-hybridized carbons (Fsp3) is 0.0667. The minimum Gasteiger partial charge on any atom is -1.00 e. The molecule has 4 nitrogen and oxygen atoms in total. The molecule has 0 saturated carbocycles. The van der Waals surface area contributed by atoms with E-state index in [0.29, 0.717) is 0 Å². The maximum Gasteiger partial charge on any atom is 0.270 e. The number of halogens is 1. The van der Waals surface area contributed by atoms with Gasteiger partial charge in [0.25, 0.3) is 6.33 Å². The molecule has 0 atom stereocenters. The zero-order chi connectivity index (χ0) is 12.2. The van der Waals surface area contributed by atoms with Crippen molar-refractivity contribution in [1.29, 1.82) is 0 Å². The lowest BCUT2D eigenvalue weighted by Crippen LogP contribution is -3.00. The molecule has 0 unspecified atom stereocenters. The smallest absolute Gasteiger partial charge is 0.270 e. The first-order valence-electron chi connectivity index (χ1n) is 5.95. The standard InChI is InChI=1S/C15H14N3.BrH.H2O/c1-3-7-14(8-4-1)11-18-13-17(12-16-18)15-9-5-2-6-10-15;;/h1-10,12-13H,11H2;1H;1H2/q+1;;/p-1. The second kappa shape index (κ2) is 7.57. The molecule has 2 aromatic carbocycles. The third kappa shape index (κ3) is 3.76. The van der Waals surface area contributed by atoms with E-state index in [4.69, 9.17) is 0 Å². The third-order valence-corrected chi connectivity index (χ3v) is 2.82. The van der Waals surface area contributed by atoms with E-state index in [0.717, 1.165) is 12.2 Å². The van der Waals surface area contributed by atoms with Gasteiger partial charge in [-0.15, -0.1) is 4.68 Å². The summed E-state index contributed by atoms with van der Waals surface area (Å²) in [5.41, 5.74) is 2.37. The predicted molar refractivity (Wildman–Crippen MR) is 72.9 cm³/mol. The molecule has 1 aromatic heterocycles. The Bertz CT molecular complexity index is 626. The maximum atomic E-state index is 4.37.